The Morgan fingerprint density at radius 1 is 1.17 bits per heavy atom. The lowest BCUT2D eigenvalue weighted by molar-refractivity contribution is -0.228. The number of nitrogens with zero attached hydrogens (tertiary/aromatic N) is 7. The zero-order valence-electron chi connectivity index (χ0n) is 25.6. The topological polar surface area (TPSA) is 141 Å². The number of hydrogen-bond donors (Lipinski definition) is 1. The van der Waals surface area contributed by atoms with E-state index in [9.17, 15) is 9.90 Å². The van der Waals surface area contributed by atoms with Crippen LogP contribution in [-0.2, 0) is 21.3 Å². The number of pyridine rings is 1. The molecule has 1 aromatic carbocycles. The Hall–Kier alpha value is -4.90. The molecular weight excluding hydrogens is 626 g/mol. The number of anilines is 2. The SMILES string of the molecule is C[C@@H]1N(c2cc(C#Cc3ccn(C)n3)cnc2O[C@H]2C[C@@H](C(=O)O)N(c3nc(Cl)nc4c3oc3ccccc34)C2)CCOC12COC2. The van der Waals surface area contributed by atoms with Crippen molar-refractivity contribution in [2.75, 3.05) is 42.7 Å². The Balaban J connectivity index is 1.14. The number of carboxylic acids is 1. The summed E-state index contributed by atoms with van der Waals surface area (Å²) in [6, 6.07) is 10.2. The van der Waals surface area contributed by atoms with E-state index in [1.165, 1.54) is 0 Å². The summed E-state index contributed by atoms with van der Waals surface area (Å²) in [6.45, 7) is 4.43. The van der Waals surface area contributed by atoms with Crippen molar-refractivity contribution in [1.82, 2.24) is 24.7 Å². The normalized spacial score (nSPS) is 22.0. The van der Waals surface area contributed by atoms with Gasteiger partial charge in [0.05, 0.1) is 32.4 Å². The minimum absolute atomic E-state index is 0.00544. The Morgan fingerprint density at radius 2 is 2.02 bits per heavy atom. The number of furan rings is 1. The Bertz CT molecular complexity index is 2080. The first-order valence-corrected chi connectivity index (χ1v) is 15.7. The molecule has 3 saturated heterocycles. The number of aryl methyl sites for hydroxylation is 1. The van der Waals surface area contributed by atoms with E-state index in [1.807, 2.05) is 49.6 Å². The predicted molar refractivity (Wildman–Crippen MR) is 172 cm³/mol. The largest absolute Gasteiger partial charge is 0.480 e. The third-order valence-corrected chi connectivity index (χ3v) is 9.28. The zero-order valence-corrected chi connectivity index (χ0v) is 26.3. The lowest BCUT2D eigenvalue weighted by Crippen LogP contribution is -2.68. The molecule has 8 rings (SSSR count). The van der Waals surface area contributed by atoms with Crippen molar-refractivity contribution < 1.29 is 28.5 Å². The van der Waals surface area contributed by atoms with Crippen LogP contribution in [0.5, 0.6) is 5.88 Å². The highest BCUT2D eigenvalue weighted by Crippen LogP contribution is 2.41. The second-order valence-corrected chi connectivity index (χ2v) is 12.4. The fourth-order valence-corrected chi connectivity index (χ4v) is 6.74. The van der Waals surface area contributed by atoms with Gasteiger partial charge in [0.25, 0.3) is 0 Å². The molecule has 47 heavy (non-hydrogen) atoms. The van der Waals surface area contributed by atoms with E-state index in [0.29, 0.717) is 66.0 Å². The van der Waals surface area contributed by atoms with Crippen LogP contribution in [0.4, 0.5) is 11.5 Å². The lowest BCUT2D eigenvalue weighted by Gasteiger charge is -2.53. The summed E-state index contributed by atoms with van der Waals surface area (Å²) in [7, 11) is 1.84. The molecule has 0 aliphatic carbocycles. The van der Waals surface area contributed by atoms with Crippen molar-refractivity contribution in [2.45, 2.75) is 37.1 Å². The van der Waals surface area contributed by atoms with E-state index in [-0.39, 0.29) is 24.3 Å². The van der Waals surface area contributed by atoms with Crippen LogP contribution in [0.15, 0.2) is 53.2 Å². The smallest absolute Gasteiger partial charge is 0.326 e. The number of ether oxygens (including phenoxy) is 3. The number of morpholine rings is 1. The maximum Gasteiger partial charge on any atom is 0.326 e. The van der Waals surface area contributed by atoms with Crippen molar-refractivity contribution in [3.05, 3.63) is 65.3 Å². The molecule has 1 spiro atoms. The Labute approximate surface area is 274 Å². The van der Waals surface area contributed by atoms with Crippen LogP contribution >= 0.6 is 11.6 Å². The third kappa shape index (κ3) is 5.18. The van der Waals surface area contributed by atoms with Gasteiger partial charge >= 0.3 is 5.97 Å². The fraction of sp³-hybridized carbons (Fsp3) is 0.364. The third-order valence-electron chi connectivity index (χ3n) is 9.11. The van der Waals surface area contributed by atoms with Crippen molar-refractivity contribution in [2.24, 2.45) is 7.05 Å². The van der Waals surface area contributed by atoms with Gasteiger partial charge in [0.1, 0.15) is 40.2 Å². The van der Waals surface area contributed by atoms with Gasteiger partial charge in [-0.05, 0) is 48.7 Å². The number of rotatable bonds is 5. The summed E-state index contributed by atoms with van der Waals surface area (Å²) < 4.78 is 26.1. The van der Waals surface area contributed by atoms with Gasteiger partial charge in [-0.25, -0.2) is 14.8 Å². The van der Waals surface area contributed by atoms with Gasteiger partial charge in [-0.2, -0.15) is 10.1 Å². The number of aliphatic carboxylic acids is 1. The van der Waals surface area contributed by atoms with Crippen molar-refractivity contribution >= 4 is 51.1 Å². The first-order valence-electron chi connectivity index (χ1n) is 15.3. The monoisotopic (exact) mass is 655 g/mol. The number of hydrogen-bond acceptors (Lipinski definition) is 11. The van der Waals surface area contributed by atoms with Gasteiger partial charge in [0.15, 0.2) is 11.4 Å². The van der Waals surface area contributed by atoms with E-state index in [2.05, 4.69) is 38.7 Å². The van der Waals surface area contributed by atoms with Crippen molar-refractivity contribution in [3.63, 3.8) is 0 Å². The number of carbonyl (C=O) groups is 1. The van der Waals surface area contributed by atoms with Crippen LogP contribution < -0.4 is 14.5 Å². The van der Waals surface area contributed by atoms with Crippen LogP contribution in [0.3, 0.4) is 0 Å². The highest BCUT2D eigenvalue weighted by Gasteiger charge is 2.50. The molecule has 4 aromatic heterocycles. The number of benzene rings is 1. The van der Waals surface area contributed by atoms with Crippen molar-refractivity contribution in [3.8, 4) is 17.7 Å². The molecule has 3 aliphatic rings. The Morgan fingerprint density at radius 3 is 2.79 bits per heavy atom. The standard InChI is InChI=1S/C33H30ClN7O6/c1-19-33(17-44-18-33)45-12-11-40(19)24-13-20(7-8-21-9-10-39(2)38-21)15-35-30(24)46-22-14-25(31(42)43)41(16-22)29-28-27(36-32(34)37-29)23-5-3-4-6-26(23)47-28/h3-6,9-10,13,15,19,22,25H,11-12,14,16-18H2,1-2H3,(H,42,43)/t19-,22-,25-/m0/s1. The molecule has 240 valence electrons. The summed E-state index contributed by atoms with van der Waals surface area (Å²) in [5.41, 5.74) is 3.15. The number of para-hydroxylation sites is 1. The van der Waals surface area contributed by atoms with Gasteiger partial charge in [0.2, 0.25) is 11.2 Å². The van der Waals surface area contributed by atoms with E-state index in [4.69, 9.17) is 35.2 Å². The Kier molecular flexibility index (Phi) is 7.16. The molecule has 1 N–H and O–H groups in total. The number of halogens is 1. The average Bonchev–Trinajstić information content (AvgIpc) is 3.76. The average molecular weight is 656 g/mol. The summed E-state index contributed by atoms with van der Waals surface area (Å²) >= 11 is 6.37. The summed E-state index contributed by atoms with van der Waals surface area (Å²) in [5.74, 6) is 5.93. The minimum atomic E-state index is -1.02. The highest BCUT2D eigenvalue weighted by molar-refractivity contribution is 6.29. The van der Waals surface area contributed by atoms with Crippen LogP contribution in [0.25, 0.3) is 22.1 Å². The minimum Gasteiger partial charge on any atom is -0.480 e. The quantitative estimate of drug-likeness (QED) is 0.218. The summed E-state index contributed by atoms with van der Waals surface area (Å²) in [5, 5.41) is 15.4. The first kappa shape index (κ1) is 29.5. The maximum absolute atomic E-state index is 12.6. The van der Waals surface area contributed by atoms with Crippen LogP contribution in [0, 0.1) is 11.8 Å². The molecule has 7 heterocycles. The molecule has 0 saturated carbocycles. The molecule has 0 unspecified atom stereocenters. The summed E-state index contributed by atoms with van der Waals surface area (Å²) in [6.07, 6.45) is 3.13. The van der Waals surface area contributed by atoms with Crippen LogP contribution in [0.1, 0.15) is 24.6 Å². The maximum atomic E-state index is 12.6. The second-order valence-electron chi connectivity index (χ2n) is 12.0. The predicted octanol–water partition coefficient (Wildman–Crippen LogP) is 3.66. The second kappa shape index (κ2) is 11.4. The number of fused-ring (bicyclic) bond motifs is 3. The molecule has 14 heteroatoms. The van der Waals surface area contributed by atoms with Gasteiger partial charge in [-0.15, -0.1) is 0 Å². The first-order chi connectivity index (χ1) is 22.8. The van der Waals surface area contributed by atoms with Gasteiger partial charge in [-0.1, -0.05) is 18.1 Å². The molecule has 0 bridgehead atoms. The molecule has 3 atom stereocenters. The van der Waals surface area contributed by atoms with Gasteiger partial charge < -0.3 is 33.5 Å². The molecular formula is C33H30ClN7O6. The number of carboxylic acid groups (broad SMARTS) is 1. The van der Waals surface area contributed by atoms with Gasteiger partial charge in [0, 0.05) is 43.4 Å². The van der Waals surface area contributed by atoms with E-state index >= 15 is 0 Å². The molecule has 3 fully saturated rings. The fourth-order valence-electron chi connectivity index (χ4n) is 6.58. The molecule has 13 nitrogen and oxygen atoms in total. The van der Waals surface area contributed by atoms with E-state index < -0.39 is 23.7 Å². The van der Waals surface area contributed by atoms with Gasteiger partial charge in [-0.3, -0.25) is 4.68 Å². The number of aromatic nitrogens is 5. The van der Waals surface area contributed by atoms with E-state index in [0.717, 1.165) is 11.1 Å². The lowest BCUT2D eigenvalue weighted by atomic mass is 9.90. The van der Waals surface area contributed by atoms with Crippen LogP contribution in [0.2, 0.25) is 5.28 Å². The molecule has 0 radical (unpaired) electrons. The molecule has 5 aromatic rings. The van der Waals surface area contributed by atoms with Crippen molar-refractivity contribution in [1.29, 1.82) is 0 Å². The van der Waals surface area contributed by atoms with Crippen LogP contribution in [-0.4, -0.2) is 92.5 Å². The molecule has 3 aliphatic heterocycles. The van der Waals surface area contributed by atoms with E-state index in [1.54, 1.807) is 15.8 Å². The summed E-state index contributed by atoms with van der Waals surface area (Å²) in [4.78, 5) is 30.0. The highest BCUT2D eigenvalue weighted by atomic mass is 35.5. The molecule has 0 amide bonds. The zero-order chi connectivity index (χ0) is 32.3.